The van der Waals surface area contributed by atoms with Crippen LogP contribution in [0.15, 0.2) is 45.7 Å². The van der Waals surface area contributed by atoms with E-state index in [0.717, 1.165) is 25.9 Å². The van der Waals surface area contributed by atoms with Crippen LogP contribution < -0.4 is 20.7 Å². The molecule has 0 radical (unpaired) electrons. The Morgan fingerprint density at radius 2 is 1.93 bits per heavy atom. The summed E-state index contributed by atoms with van der Waals surface area (Å²) in [6.07, 6.45) is 5.06. The monoisotopic (exact) mass is 393 g/mol. The van der Waals surface area contributed by atoms with Gasteiger partial charge < -0.3 is 19.5 Å². The lowest BCUT2D eigenvalue weighted by Gasteiger charge is -2.28. The third-order valence-corrected chi connectivity index (χ3v) is 4.95. The summed E-state index contributed by atoms with van der Waals surface area (Å²) in [5.41, 5.74) is 0.137. The highest BCUT2D eigenvalue weighted by Gasteiger charge is 2.20. The van der Waals surface area contributed by atoms with E-state index in [0.29, 0.717) is 28.4 Å². The highest BCUT2D eigenvalue weighted by molar-refractivity contribution is 6.06. The van der Waals surface area contributed by atoms with Crippen LogP contribution in [0.1, 0.15) is 29.6 Å². The highest BCUT2D eigenvalue weighted by atomic mass is 16.4. The second-order valence-corrected chi connectivity index (χ2v) is 7.29. The third kappa shape index (κ3) is 3.91. The fourth-order valence-electron chi connectivity index (χ4n) is 3.45. The first kappa shape index (κ1) is 18.9. The lowest BCUT2D eigenvalue weighted by Crippen LogP contribution is -2.31. The number of nitrogens with one attached hydrogen (secondary N) is 1. The normalized spacial score (nSPS) is 14.1. The molecule has 1 aromatic carbocycles. The van der Waals surface area contributed by atoms with Crippen LogP contribution >= 0.6 is 0 Å². The van der Waals surface area contributed by atoms with Crippen molar-refractivity contribution >= 4 is 34.3 Å². The Morgan fingerprint density at radius 3 is 2.69 bits per heavy atom. The molecule has 1 saturated heterocycles. The van der Waals surface area contributed by atoms with Crippen molar-refractivity contribution in [2.45, 2.75) is 19.3 Å². The fourth-order valence-corrected chi connectivity index (χ4v) is 3.45. The number of fused-ring (bicyclic) bond motifs is 1. The molecule has 1 aliphatic rings. The van der Waals surface area contributed by atoms with Gasteiger partial charge in [0, 0.05) is 32.6 Å². The van der Waals surface area contributed by atoms with Gasteiger partial charge in [-0.2, -0.15) is 4.98 Å². The van der Waals surface area contributed by atoms with Crippen molar-refractivity contribution in [3.8, 4) is 0 Å². The SMILES string of the molecule is CN(C)c1nc(N2CCCCC2)ncc1NC(=O)c1cc2ccccc2oc1=O. The predicted octanol–water partition coefficient (Wildman–Crippen LogP) is 2.89. The zero-order valence-electron chi connectivity index (χ0n) is 16.5. The summed E-state index contributed by atoms with van der Waals surface area (Å²) in [7, 11) is 3.70. The van der Waals surface area contributed by atoms with E-state index in [1.165, 1.54) is 12.5 Å². The molecular formula is C21H23N5O3. The number of hydrogen-bond acceptors (Lipinski definition) is 7. The third-order valence-electron chi connectivity index (χ3n) is 4.95. The van der Waals surface area contributed by atoms with E-state index in [4.69, 9.17) is 4.42 Å². The van der Waals surface area contributed by atoms with E-state index in [9.17, 15) is 9.59 Å². The van der Waals surface area contributed by atoms with Crippen molar-refractivity contribution in [1.82, 2.24) is 9.97 Å². The maximum absolute atomic E-state index is 12.8. The van der Waals surface area contributed by atoms with Crippen LogP contribution in [0.25, 0.3) is 11.0 Å². The van der Waals surface area contributed by atoms with Crippen LogP contribution in [0.4, 0.5) is 17.5 Å². The molecule has 29 heavy (non-hydrogen) atoms. The summed E-state index contributed by atoms with van der Waals surface area (Å²) >= 11 is 0. The van der Waals surface area contributed by atoms with Crippen molar-refractivity contribution in [3.63, 3.8) is 0 Å². The Labute approximate surface area is 168 Å². The quantitative estimate of drug-likeness (QED) is 0.682. The largest absolute Gasteiger partial charge is 0.422 e. The summed E-state index contributed by atoms with van der Waals surface area (Å²) in [6, 6.07) is 8.61. The smallest absolute Gasteiger partial charge is 0.349 e. The molecule has 0 spiro atoms. The van der Waals surface area contributed by atoms with Crippen LogP contribution in [0.5, 0.6) is 0 Å². The minimum atomic E-state index is -0.682. The van der Waals surface area contributed by atoms with E-state index < -0.39 is 11.5 Å². The molecule has 0 unspecified atom stereocenters. The summed E-state index contributed by atoms with van der Waals surface area (Å²) in [5.74, 6) is 0.678. The number of benzene rings is 1. The van der Waals surface area contributed by atoms with Gasteiger partial charge >= 0.3 is 5.63 Å². The minimum absolute atomic E-state index is 0.0616. The predicted molar refractivity (Wildman–Crippen MR) is 113 cm³/mol. The Bertz CT molecular complexity index is 1100. The Kier molecular flexibility index (Phi) is 5.16. The number of aromatic nitrogens is 2. The molecule has 0 saturated carbocycles. The van der Waals surface area contributed by atoms with Gasteiger partial charge in [-0.05, 0) is 31.4 Å². The first-order valence-corrected chi connectivity index (χ1v) is 9.66. The van der Waals surface area contributed by atoms with Crippen LogP contribution in [-0.4, -0.2) is 43.1 Å². The molecule has 8 heteroatoms. The number of carbonyl (C=O) groups is 1. The molecule has 0 aliphatic carbocycles. The van der Waals surface area contributed by atoms with E-state index in [1.54, 1.807) is 24.4 Å². The maximum Gasteiger partial charge on any atom is 0.349 e. The van der Waals surface area contributed by atoms with Gasteiger partial charge in [0.15, 0.2) is 5.82 Å². The molecule has 1 amide bonds. The Morgan fingerprint density at radius 1 is 1.17 bits per heavy atom. The summed E-state index contributed by atoms with van der Waals surface area (Å²) < 4.78 is 5.26. The van der Waals surface area contributed by atoms with Crippen molar-refractivity contribution in [2.75, 3.05) is 42.3 Å². The molecule has 1 fully saturated rings. The standard InChI is InChI=1S/C21H23N5O3/c1-25(2)18-16(13-22-21(24-18)26-10-6-3-7-11-26)23-19(27)15-12-14-8-4-5-9-17(14)29-20(15)28/h4-5,8-9,12-13H,3,6-7,10-11H2,1-2H3,(H,23,27). The number of amides is 1. The number of rotatable bonds is 4. The van der Waals surface area contributed by atoms with Gasteiger partial charge in [0.25, 0.3) is 5.91 Å². The molecule has 8 nitrogen and oxygen atoms in total. The molecule has 3 aromatic rings. The number of anilines is 3. The van der Waals surface area contributed by atoms with Gasteiger partial charge in [0.2, 0.25) is 5.95 Å². The number of carbonyl (C=O) groups excluding carboxylic acids is 1. The van der Waals surface area contributed by atoms with E-state index >= 15 is 0 Å². The first-order chi connectivity index (χ1) is 14.0. The summed E-state index contributed by atoms with van der Waals surface area (Å²) in [6.45, 7) is 1.85. The van der Waals surface area contributed by atoms with Crippen LogP contribution in [0.3, 0.4) is 0 Å². The van der Waals surface area contributed by atoms with Gasteiger partial charge in [-0.25, -0.2) is 9.78 Å². The van der Waals surface area contributed by atoms with E-state index in [1.807, 2.05) is 25.1 Å². The molecular weight excluding hydrogens is 370 g/mol. The van der Waals surface area contributed by atoms with E-state index in [2.05, 4.69) is 20.2 Å². The van der Waals surface area contributed by atoms with Crippen LogP contribution in [0.2, 0.25) is 0 Å². The second-order valence-electron chi connectivity index (χ2n) is 7.29. The summed E-state index contributed by atoms with van der Waals surface area (Å²) in [4.78, 5) is 38.1. The van der Waals surface area contributed by atoms with Crippen molar-refractivity contribution < 1.29 is 9.21 Å². The second kappa shape index (κ2) is 7.90. The molecule has 4 rings (SSSR count). The average molecular weight is 393 g/mol. The molecule has 1 aliphatic heterocycles. The zero-order valence-corrected chi connectivity index (χ0v) is 16.5. The topological polar surface area (TPSA) is 91.6 Å². The average Bonchev–Trinajstić information content (AvgIpc) is 2.74. The summed E-state index contributed by atoms with van der Waals surface area (Å²) in [5, 5.41) is 3.44. The molecule has 3 heterocycles. The minimum Gasteiger partial charge on any atom is -0.422 e. The van der Waals surface area contributed by atoms with Gasteiger partial charge in [0.1, 0.15) is 16.8 Å². The lowest BCUT2D eigenvalue weighted by atomic mass is 10.1. The van der Waals surface area contributed by atoms with Gasteiger partial charge in [-0.1, -0.05) is 18.2 Å². The first-order valence-electron chi connectivity index (χ1n) is 9.66. The number of hydrogen-bond donors (Lipinski definition) is 1. The molecule has 1 N–H and O–H groups in total. The van der Waals surface area contributed by atoms with E-state index in [-0.39, 0.29) is 5.56 Å². The molecule has 0 bridgehead atoms. The van der Waals surface area contributed by atoms with Crippen molar-refractivity contribution in [1.29, 1.82) is 0 Å². The molecule has 2 aromatic heterocycles. The lowest BCUT2D eigenvalue weighted by molar-refractivity contribution is 0.102. The number of nitrogens with zero attached hydrogens (tertiary/aromatic N) is 4. The number of para-hydroxylation sites is 1. The Balaban J connectivity index is 1.64. The molecule has 0 atom stereocenters. The maximum atomic E-state index is 12.8. The number of piperidine rings is 1. The zero-order chi connectivity index (χ0) is 20.4. The highest BCUT2D eigenvalue weighted by Crippen LogP contribution is 2.25. The molecule has 150 valence electrons. The van der Waals surface area contributed by atoms with Gasteiger partial charge in [-0.15, -0.1) is 0 Å². The van der Waals surface area contributed by atoms with Gasteiger partial charge in [0.05, 0.1) is 6.20 Å². The van der Waals surface area contributed by atoms with Crippen molar-refractivity contribution in [3.05, 3.63) is 52.5 Å². The van der Waals surface area contributed by atoms with Crippen molar-refractivity contribution in [2.24, 2.45) is 0 Å². The Hall–Kier alpha value is -3.42. The fraction of sp³-hybridized carbons (Fsp3) is 0.333. The van der Waals surface area contributed by atoms with Gasteiger partial charge in [-0.3, -0.25) is 4.79 Å². The van der Waals surface area contributed by atoms with Crippen LogP contribution in [0, 0.1) is 0 Å². The van der Waals surface area contributed by atoms with Crippen LogP contribution in [-0.2, 0) is 0 Å².